The molecule has 47 heavy (non-hydrogen) atoms. The fourth-order valence-electron chi connectivity index (χ4n) is 9.47. The maximum absolute atomic E-state index is 11.7. The first-order chi connectivity index (χ1) is 22.7. The number of fused-ring (bicyclic) bond motifs is 3. The number of likely N-dealkylation sites (tertiary alicyclic amines) is 1. The Morgan fingerprint density at radius 2 is 1.91 bits per heavy atom. The minimum Gasteiger partial charge on any atom is -0.481 e. The normalized spacial score (nSPS) is 28.5. The van der Waals surface area contributed by atoms with Crippen molar-refractivity contribution in [1.29, 1.82) is 0 Å². The number of piperidine rings is 1. The molecule has 0 amide bonds. The van der Waals surface area contributed by atoms with Gasteiger partial charge >= 0.3 is 5.97 Å². The van der Waals surface area contributed by atoms with Gasteiger partial charge in [-0.2, -0.15) is 10.1 Å². The molecule has 2 N–H and O–H groups in total. The maximum Gasteiger partial charge on any atom is 0.306 e. The zero-order valence-electron chi connectivity index (χ0n) is 28.7. The summed E-state index contributed by atoms with van der Waals surface area (Å²) >= 11 is 0. The third-order valence-electron chi connectivity index (χ3n) is 12.3. The number of aryl methyl sites for hydroxylation is 2. The van der Waals surface area contributed by atoms with Crippen LogP contribution in [0.25, 0.3) is 0 Å². The van der Waals surface area contributed by atoms with E-state index in [-0.39, 0.29) is 23.4 Å². The van der Waals surface area contributed by atoms with Gasteiger partial charge < -0.3 is 15.3 Å². The van der Waals surface area contributed by atoms with Gasteiger partial charge in [-0.15, -0.1) is 0 Å². The lowest BCUT2D eigenvalue weighted by Crippen LogP contribution is -2.41. The number of nitrogens with zero attached hydrogens (tertiary/aromatic N) is 6. The Morgan fingerprint density at radius 1 is 1.13 bits per heavy atom. The van der Waals surface area contributed by atoms with Crippen LogP contribution in [0.5, 0.6) is 0 Å². The quantitative estimate of drug-likeness (QED) is 0.249. The molecule has 252 valence electrons. The molecule has 3 fully saturated rings. The molecule has 3 aromatic rings. The number of carboxylic acid groups (broad SMARTS) is 1. The van der Waals surface area contributed by atoms with E-state index in [0.29, 0.717) is 12.0 Å². The highest BCUT2D eigenvalue weighted by Crippen LogP contribution is 2.43. The van der Waals surface area contributed by atoms with Gasteiger partial charge in [-0.05, 0) is 93.4 Å². The highest BCUT2D eigenvalue weighted by molar-refractivity contribution is 5.70. The van der Waals surface area contributed by atoms with Gasteiger partial charge in [0.2, 0.25) is 5.95 Å². The number of aliphatic carboxylic acids is 1. The number of hydrogen-bond donors (Lipinski definition) is 2. The minimum absolute atomic E-state index is 0.00804. The molecule has 9 heteroatoms. The van der Waals surface area contributed by atoms with Crippen LogP contribution in [-0.2, 0) is 30.1 Å². The van der Waals surface area contributed by atoms with Gasteiger partial charge in [0, 0.05) is 56.6 Å². The summed E-state index contributed by atoms with van der Waals surface area (Å²) in [5.41, 5.74) is 4.98. The van der Waals surface area contributed by atoms with Crippen molar-refractivity contribution in [2.45, 2.75) is 108 Å². The molecule has 1 aromatic carbocycles. The topological polar surface area (TPSA) is 99.4 Å². The summed E-state index contributed by atoms with van der Waals surface area (Å²) in [4.78, 5) is 27.4. The van der Waals surface area contributed by atoms with Crippen LogP contribution in [0.2, 0.25) is 0 Å². The van der Waals surface area contributed by atoms with Crippen LogP contribution in [0, 0.1) is 17.8 Å². The molecule has 2 unspecified atom stereocenters. The van der Waals surface area contributed by atoms with Crippen LogP contribution < -0.4 is 10.2 Å². The first-order valence-electron chi connectivity index (χ1n) is 18.1. The number of rotatable bonds is 11. The lowest BCUT2D eigenvalue weighted by atomic mass is 9.70. The average molecular weight is 640 g/mol. The van der Waals surface area contributed by atoms with E-state index in [1.165, 1.54) is 42.5 Å². The summed E-state index contributed by atoms with van der Waals surface area (Å²) in [7, 11) is 4.15. The molecule has 4 aliphatic rings. The SMILES string of the molecule is CC[C@H](C1CCC(C(=O)O)CC1)N(C)c1nc2c(c(N[C@@H](CN3CC4CCC3C4)c3cnn(C)c3)n1)C[C@](C)(c1ccccc1)CC2. The minimum atomic E-state index is -0.647. The third kappa shape index (κ3) is 6.52. The second kappa shape index (κ2) is 13.2. The molecule has 1 saturated heterocycles. The van der Waals surface area contributed by atoms with E-state index in [2.05, 4.69) is 77.6 Å². The van der Waals surface area contributed by atoms with Crippen molar-refractivity contribution in [3.8, 4) is 0 Å². The molecule has 1 aliphatic heterocycles. The lowest BCUT2D eigenvalue weighted by molar-refractivity contribution is -0.143. The van der Waals surface area contributed by atoms with Gasteiger partial charge in [-0.1, -0.05) is 44.2 Å². The molecular weight excluding hydrogens is 586 g/mol. The molecule has 2 aromatic heterocycles. The smallest absolute Gasteiger partial charge is 0.306 e. The van der Waals surface area contributed by atoms with E-state index in [4.69, 9.17) is 9.97 Å². The fraction of sp³-hybridized carbons (Fsp3) is 0.632. The van der Waals surface area contributed by atoms with Crippen LogP contribution in [0.1, 0.15) is 100 Å². The molecular formula is C38H53N7O2. The van der Waals surface area contributed by atoms with Crippen molar-refractivity contribution < 1.29 is 9.90 Å². The molecule has 2 saturated carbocycles. The predicted molar refractivity (Wildman–Crippen MR) is 186 cm³/mol. The zero-order chi connectivity index (χ0) is 32.7. The molecule has 0 spiro atoms. The van der Waals surface area contributed by atoms with Crippen molar-refractivity contribution in [3.05, 3.63) is 65.1 Å². The van der Waals surface area contributed by atoms with Crippen molar-refractivity contribution in [2.75, 3.05) is 30.4 Å². The summed E-state index contributed by atoms with van der Waals surface area (Å²) in [5.74, 6) is 2.16. The Bertz CT molecular complexity index is 1550. The summed E-state index contributed by atoms with van der Waals surface area (Å²) in [5, 5.41) is 18.2. The summed E-state index contributed by atoms with van der Waals surface area (Å²) in [6.45, 7) is 6.77. The van der Waals surface area contributed by atoms with E-state index in [1.54, 1.807) is 0 Å². The van der Waals surface area contributed by atoms with Gasteiger partial charge in [0.1, 0.15) is 5.82 Å². The van der Waals surface area contributed by atoms with Crippen LogP contribution in [0.15, 0.2) is 42.7 Å². The number of carboxylic acids is 1. The van der Waals surface area contributed by atoms with Gasteiger partial charge in [-0.25, -0.2) is 4.98 Å². The third-order valence-corrected chi connectivity index (χ3v) is 12.3. The van der Waals surface area contributed by atoms with Crippen molar-refractivity contribution in [2.24, 2.45) is 24.8 Å². The van der Waals surface area contributed by atoms with Gasteiger partial charge in [0.05, 0.1) is 23.9 Å². The number of carbonyl (C=O) groups is 1. The van der Waals surface area contributed by atoms with Crippen LogP contribution in [0.4, 0.5) is 11.8 Å². The first-order valence-corrected chi connectivity index (χ1v) is 18.1. The molecule has 5 atom stereocenters. The Hall–Kier alpha value is -3.46. The highest BCUT2D eigenvalue weighted by atomic mass is 16.4. The highest BCUT2D eigenvalue weighted by Gasteiger charge is 2.40. The second-order valence-electron chi connectivity index (χ2n) is 15.4. The Labute approximate surface area is 280 Å². The number of hydrogen-bond acceptors (Lipinski definition) is 7. The van der Waals surface area contributed by atoms with Crippen molar-refractivity contribution in [1.82, 2.24) is 24.6 Å². The van der Waals surface area contributed by atoms with E-state index in [1.807, 2.05) is 17.9 Å². The zero-order valence-corrected chi connectivity index (χ0v) is 28.7. The van der Waals surface area contributed by atoms with E-state index >= 15 is 0 Å². The molecule has 3 aliphatic carbocycles. The van der Waals surface area contributed by atoms with E-state index in [0.717, 1.165) is 81.3 Å². The number of aromatic nitrogens is 4. The fourth-order valence-corrected chi connectivity index (χ4v) is 9.47. The first kappa shape index (κ1) is 32.1. The molecule has 0 radical (unpaired) electrons. The standard InChI is InChI=1S/C38H53N7O2/c1-5-34(26-12-14-27(15-13-26)36(46)47)44(4)37-41-32-17-18-38(2,29-9-7-6-8-10-29)20-31(32)35(42-37)40-33(28-21-39-43(3)23-28)24-45-22-25-11-16-30(45)19-25/h6-10,21,23,25-27,30,33-34H,5,11-20,22,24H2,1-4H3,(H,46,47)(H,40,41,42)/t25?,26?,27?,30?,33-,34+,38+/m0/s1. The van der Waals surface area contributed by atoms with Gasteiger partial charge in [-0.3, -0.25) is 14.4 Å². The Morgan fingerprint density at radius 3 is 2.55 bits per heavy atom. The second-order valence-corrected chi connectivity index (χ2v) is 15.4. The van der Waals surface area contributed by atoms with Crippen molar-refractivity contribution >= 4 is 17.7 Å². The lowest BCUT2D eigenvalue weighted by Gasteiger charge is -2.39. The van der Waals surface area contributed by atoms with E-state index < -0.39 is 5.97 Å². The molecule has 3 heterocycles. The largest absolute Gasteiger partial charge is 0.481 e. The molecule has 2 bridgehead atoms. The summed E-state index contributed by atoms with van der Waals surface area (Å²) < 4.78 is 1.91. The number of nitrogens with one attached hydrogen (secondary N) is 1. The van der Waals surface area contributed by atoms with Crippen molar-refractivity contribution in [3.63, 3.8) is 0 Å². The number of benzene rings is 1. The Kier molecular flexibility index (Phi) is 9.02. The summed E-state index contributed by atoms with van der Waals surface area (Å²) in [6.07, 6.45) is 15.4. The van der Waals surface area contributed by atoms with Crippen LogP contribution in [-0.4, -0.2) is 67.9 Å². The molecule has 9 nitrogen and oxygen atoms in total. The van der Waals surface area contributed by atoms with Gasteiger partial charge in [0.15, 0.2) is 0 Å². The maximum atomic E-state index is 11.7. The van der Waals surface area contributed by atoms with Gasteiger partial charge in [0.25, 0.3) is 0 Å². The van der Waals surface area contributed by atoms with Crippen LogP contribution >= 0.6 is 0 Å². The predicted octanol–water partition coefficient (Wildman–Crippen LogP) is 6.40. The monoisotopic (exact) mass is 639 g/mol. The average Bonchev–Trinajstić information content (AvgIpc) is 3.83. The number of anilines is 2. The van der Waals surface area contributed by atoms with Crippen LogP contribution in [0.3, 0.4) is 0 Å². The Balaban J connectivity index is 1.23. The summed E-state index contributed by atoms with van der Waals surface area (Å²) in [6, 6.07) is 12.0. The van der Waals surface area contributed by atoms with E-state index in [9.17, 15) is 9.90 Å². The molecule has 7 rings (SSSR count).